The molecule has 0 saturated heterocycles. The van der Waals surface area contributed by atoms with Crippen LogP contribution in [0.3, 0.4) is 0 Å². The first-order valence-corrected chi connectivity index (χ1v) is 10.4. The van der Waals surface area contributed by atoms with E-state index in [1.165, 1.54) is 6.07 Å². The first kappa shape index (κ1) is 22.5. The summed E-state index contributed by atoms with van der Waals surface area (Å²) >= 11 is 3.58. The van der Waals surface area contributed by atoms with Crippen molar-refractivity contribution in [2.24, 2.45) is 0 Å². The fourth-order valence-corrected chi connectivity index (χ4v) is 3.72. The van der Waals surface area contributed by atoms with Gasteiger partial charge in [-0.25, -0.2) is 4.79 Å². The monoisotopic (exact) mass is 485 g/mol. The third kappa shape index (κ3) is 5.49. The van der Waals surface area contributed by atoms with Gasteiger partial charge in [0.25, 0.3) is 0 Å². The summed E-state index contributed by atoms with van der Waals surface area (Å²) in [5, 5.41) is 12.5. The van der Waals surface area contributed by atoms with E-state index in [1.54, 1.807) is 26.4 Å². The lowest BCUT2D eigenvalue weighted by atomic mass is 10.1. The van der Waals surface area contributed by atoms with Gasteiger partial charge in [0.1, 0.15) is 12.4 Å². The average molecular weight is 486 g/mol. The molecular formula is C24H24BrNO5. The van der Waals surface area contributed by atoms with Crippen LogP contribution in [0.15, 0.2) is 59.1 Å². The summed E-state index contributed by atoms with van der Waals surface area (Å²) in [5.74, 6) is 0.797. The fourth-order valence-electron chi connectivity index (χ4n) is 3.11. The van der Waals surface area contributed by atoms with Gasteiger partial charge in [0.15, 0.2) is 11.5 Å². The number of hydrogen-bond acceptors (Lipinski definition) is 5. The maximum Gasteiger partial charge on any atom is 0.335 e. The summed E-state index contributed by atoms with van der Waals surface area (Å²) in [6, 6.07) is 16.6. The van der Waals surface area contributed by atoms with Crippen LogP contribution in [0.1, 0.15) is 27.0 Å². The Labute approximate surface area is 189 Å². The number of methoxy groups -OCH3 is 2. The minimum atomic E-state index is -0.995. The zero-order valence-corrected chi connectivity index (χ0v) is 19.2. The molecule has 162 valence electrons. The van der Waals surface area contributed by atoms with Crippen LogP contribution in [0.4, 0.5) is 5.69 Å². The second-order valence-corrected chi connectivity index (χ2v) is 7.75. The van der Waals surface area contributed by atoms with Crippen LogP contribution in [0.25, 0.3) is 0 Å². The van der Waals surface area contributed by atoms with Gasteiger partial charge in [0.2, 0.25) is 0 Å². The second kappa shape index (κ2) is 10.2. The Morgan fingerprint density at radius 1 is 1.03 bits per heavy atom. The van der Waals surface area contributed by atoms with Gasteiger partial charge in [-0.1, -0.05) is 24.3 Å². The molecule has 7 heteroatoms. The Bertz CT molecular complexity index is 1080. The normalized spacial score (nSPS) is 10.5. The standard InChI is InChI=1S/C24H24BrNO5/c1-15-6-4-5-7-18(15)14-31-23-19(25)10-16(11-22(23)30-3)13-26-20-12-17(24(27)28)8-9-21(20)29-2/h4-12,26H,13-14H2,1-3H3,(H,27,28). The van der Waals surface area contributed by atoms with Gasteiger partial charge in [-0.2, -0.15) is 0 Å². The van der Waals surface area contributed by atoms with Crippen molar-refractivity contribution < 1.29 is 24.1 Å². The SMILES string of the molecule is COc1ccc(C(=O)O)cc1NCc1cc(Br)c(OCc2ccccc2C)c(OC)c1. The number of hydrogen-bond donors (Lipinski definition) is 2. The van der Waals surface area contributed by atoms with Gasteiger partial charge in [0, 0.05) is 6.54 Å². The molecule has 0 aliphatic rings. The van der Waals surface area contributed by atoms with Crippen molar-refractivity contribution in [1.29, 1.82) is 0 Å². The van der Waals surface area contributed by atoms with E-state index in [2.05, 4.69) is 21.2 Å². The van der Waals surface area contributed by atoms with E-state index in [1.807, 2.05) is 43.3 Å². The van der Waals surface area contributed by atoms with Crippen molar-refractivity contribution in [2.75, 3.05) is 19.5 Å². The predicted molar refractivity (Wildman–Crippen MR) is 123 cm³/mol. The lowest BCUT2D eigenvalue weighted by molar-refractivity contribution is 0.0697. The number of carboxylic acid groups (broad SMARTS) is 1. The van der Waals surface area contributed by atoms with Crippen molar-refractivity contribution in [1.82, 2.24) is 0 Å². The van der Waals surface area contributed by atoms with Gasteiger partial charge in [-0.3, -0.25) is 0 Å². The highest BCUT2D eigenvalue weighted by Crippen LogP contribution is 2.38. The Hall–Kier alpha value is -3.19. The Morgan fingerprint density at radius 3 is 2.45 bits per heavy atom. The largest absolute Gasteiger partial charge is 0.495 e. The highest BCUT2D eigenvalue weighted by Gasteiger charge is 2.14. The minimum Gasteiger partial charge on any atom is -0.495 e. The highest BCUT2D eigenvalue weighted by atomic mass is 79.9. The topological polar surface area (TPSA) is 77.0 Å². The molecule has 2 N–H and O–H groups in total. The van der Waals surface area contributed by atoms with E-state index in [0.717, 1.165) is 21.2 Å². The van der Waals surface area contributed by atoms with Crippen molar-refractivity contribution in [3.05, 3.63) is 81.3 Å². The number of rotatable bonds is 9. The molecule has 0 atom stereocenters. The molecule has 0 fully saturated rings. The van der Waals surface area contributed by atoms with E-state index in [4.69, 9.17) is 14.2 Å². The number of aryl methyl sites for hydroxylation is 1. The average Bonchev–Trinajstić information content (AvgIpc) is 2.77. The molecule has 3 aromatic carbocycles. The summed E-state index contributed by atoms with van der Waals surface area (Å²) in [6.45, 7) is 2.91. The van der Waals surface area contributed by atoms with Gasteiger partial charge < -0.3 is 24.6 Å². The lowest BCUT2D eigenvalue weighted by Crippen LogP contribution is -2.05. The zero-order valence-electron chi connectivity index (χ0n) is 17.6. The van der Waals surface area contributed by atoms with Crippen LogP contribution in [0.5, 0.6) is 17.2 Å². The highest BCUT2D eigenvalue weighted by molar-refractivity contribution is 9.10. The van der Waals surface area contributed by atoms with Crippen molar-refractivity contribution in [3.63, 3.8) is 0 Å². The molecule has 3 aromatic rings. The second-order valence-electron chi connectivity index (χ2n) is 6.90. The number of benzene rings is 3. The van der Waals surface area contributed by atoms with Crippen LogP contribution >= 0.6 is 15.9 Å². The summed E-state index contributed by atoms with van der Waals surface area (Å²) in [7, 11) is 3.14. The van der Waals surface area contributed by atoms with Gasteiger partial charge in [-0.05, 0) is 69.9 Å². The molecule has 0 heterocycles. The third-order valence-corrected chi connectivity index (χ3v) is 5.44. The minimum absolute atomic E-state index is 0.182. The molecule has 0 aromatic heterocycles. The molecule has 0 amide bonds. The van der Waals surface area contributed by atoms with Gasteiger partial charge in [-0.15, -0.1) is 0 Å². The molecule has 0 unspecified atom stereocenters. The van der Waals surface area contributed by atoms with Crippen LogP contribution in [0.2, 0.25) is 0 Å². The number of aromatic carboxylic acids is 1. The Balaban J connectivity index is 1.78. The lowest BCUT2D eigenvalue weighted by Gasteiger charge is -2.16. The number of halogens is 1. The predicted octanol–water partition coefficient (Wildman–Crippen LogP) is 5.66. The van der Waals surface area contributed by atoms with E-state index in [9.17, 15) is 9.90 Å². The van der Waals surface area contributed by atoms with Crippen LogP contribution in [0, 0.1) is 6.92 Å². The molecule has 0 spiro atoms. The molecule has 0 aliphatic carbocycles. The molecular weight excluding hydrogens is 462 g/mol. The van der Waals surface area contributed by atoms with Crippen molar-refractivity contribution in [2.45, 2.75) is 20.1 Å². The van der Waals surface area contributed by atoms with E-state index in [-0.39, 0.29) is 5.56 Å². The maximum atomic E-state index is 11.3. The summed E-state index contributed by atoms with van der Waals surface area (Å²) in [4.78, 5) is 11.3. The van der Waals surface area contributed by atoms with Crippen molar-refractivity contribution in [3.8, 4) is 17.2 Å². The van der Waals surface area contributed by atoms with E-state index < -0.39 is 5.97 Å². The molecule has 0 aliphatic heterocycles. The summed E-state index contributed by atoms with van der Waals surface area (Å²) in [5.41, 5.74) is 3.97. The smallest absolute Gasteiger partial charge is 0.335 e. The number of carbonyl (C=O) groups is 1. The number of ether oxygens (including phenoxy) is 3. The molecule has 31 heavy (non-hydrogen) atoms. The fraction of sp³-hybridized carbons (Fsp3) is 0.208. The zero-order chi connectivity index (χ0) is 22.4. The Morgan fingerprint density at radius 2 is 1.77 bits per heavy atom. The van der Waals surface area contributed by atoms with Crippen LogP contribution in [-0.2, 0) is 13.2 Å². The third-order valence-electron chi connectivity index (χ3n) is 4.85. The molecule has 0 radical (unpaired) electrons. The van der Waals surface area contributed by atoms with E-state index >= 15 is 0 Å². The van der Waals surface area contributed by atoms with E-state index in [0.29, 0.717) is 36.1 Å². The van der Waals surface area contributed by atoms with Gasteiger partial charge >= 0.3 is 5.97 Å². The number of anilines is 1. The van der Waals surface area contributed by atoms with Crippen molar-refractivity contribution >= 4 is 27.6 Å². The molecule has 0 bridgehead atoms. The number of carboxylic acids is 1. The summed E-state index contributed by atoms with van der Waals surface area (Å²) < 4.78 is 17.7. The Kier molecular flexibility index (Phi) is 7.41. The summed E-state index contributed by atoms with van der Waals surface area (Å²) in [6.07, 6.45) is 0. The quantitative estimate of drug-likeness (QED) is 0.406. The van der Waals surface area contributed by atoms with Crippen LogP contribution < -0.4 is 19.5 Å². The van der Waals surface area contributed by atoms with Crippen LogP contribution in [-0.4, -0.2) is 25.3 Å². The molecule has 3 rings (SSSR count). The first-order valence-electron chi connectivity index (χ1n) is 9.62. The van der Waals surface area contributed by atoms with Gasteiger partial charge in [0.05, 0.1) is 29.9 Å². The molecule has 6 nitrogen and oxygen atoms in total. The maximum absolute atomic E-state index is 11.3. The molecule has 0 saturated carbocycles. The number of nitrogens with one attached hydrogen (secondary N) is 1. The first-order chi connectivity index (χ1) is 14.9.